The van der Waals surface area contributed by atoms with Gasteiger partial charge in [0.05, 0.1) is 28.8 Å². The summed E-state index contributed by atoms with van der Waals surface area (Å²) >= 11 is 1.28. The molecule has 3 heterocycles. The predicted molar refractivity (Wildman–Crippen MR) is 114 cm³/mol. The summed E-state index contributed by atoms with van der Waals surface area (Å²) in [6.45, 7) is 1.53. The molecular weight excluding hydrogens is 482 g/mol. The number of nitrogens with zero attached hydrogens (tertiary/aromatic N) is 4. The Labute approximate surface area is 189 Å². The minimum Gasteiger partial charge on any atom is -0.245 e. The summed E-state index contributed by atoms with van der Waals surface area (Å²) in [5, 5.41) is 9.97. The van der Waals surface area contributed by atoms with Crippen LogP contribution in [0, 0.1) is 5.82 Å². The number of thiazole rings is 1. The zero-order valence-corrected chi connectivity index (χ0v) is 18.5. The first kappa shape index (κ1) is 23.0. The van der Waals surface area contributed by atoms with Crippen molar-refractivity contribution in [2.45, 2.75) is 24.5 Å². The van der Waals surface area contributed by atoms with Gasteiger partial charge in [0, 0.05) is 22.1 Å². The topological polar surface area (TPSA) is 104 Å². The van der Waals surface area contributed by atoms with E-state index in [1.807, 2.05) is 0 Å². The highest BCUT2D eigenvalue weighted by Crippen LogP contribution is 2.39. The first-order chi connectivity index (χ1) is 15.5. The number of nitrogens with two attached hydrogens (primary N) is 1. The van der Waals surface area contributed by atoms with Gasteiger partial charge in [0.25, 0.3) is 10.0 Å². The van der Waals surface area contributed by atoms with Gasteiger partial charge in [-0.3, -0.25) is 0 Å². The van der Waals surface area contributed by atoms with Crippen LogP contribution in [0.3, 0.4) is 0 Å². The van der Waals surface area contributed by atoms with Crippen LogP contribution in [0.25, 0.3) is 28.2 Å². The fourth-order valence-corrected chi connectivity index (χ4v) is 4.39. The van der Waals surface area contributed by atoms with Crippen molar-refractivity contribution in [3.05, 3.63) is 64.5 Å². The summed E-state index contributed by atoms with van der Waals surface area (Å²) in [5.74, 6) is -0.663. The lowest BCUT2D eigenvalue weighted by Crippen LogP contribution is -2.14. The number of hydrogen-bond acceptors (Lipinski definition) is 6. The maximum atomic E-state index is 14.9. The maximum Gasteiger partial charge on any atom is 0.435 e. The number of rotatable bonds is 5. The molecule has 7 nitrogen and oxygen atoms in total. The molecule has 0 atom stereocenters. The van der Waals surface area contributed by atoms with Crippen molar-refractivity contribution >= 4 is 21.4 Å². The minimum atomic E-state index is -4.77. The van der Waals surface area contributed by atoms with E-state index in [0.717, 1.165) is 23.0 Å². The summed E-state index contributed by atoms with van der Waals surface area (Å²) in [6, 6.07) is 6.32. The zero-order valence-electron chi connectivity index (χ0n) is 16.8. The van der Waals surface area contributed by atoms with E-state index in [1.54, 1.807) is 10.9 Å². The molecule has 33 heavy (non-hydrogen) atoms. The Hall–Kier alpha value is -3.16. The van der Waals surface area contributed by atoms with Gasteiger partial charge in [0.1, 0.15) is 5.82 Å². The van der Waals surface area contributed by atoms with Gasteiger partial charge in [0.15, 0.2) is 10.7 Å². The first-order valence-electron chi connectivity index (χ1n) is 9.37. The Bertz CT molecular complexity index is 1410. The van der Waals surface area contributed by atoms with Crippen molar-refractivity contribution in [1.29, 1.82) is 0 Å². The molecule has 0 aliphatic heterocycles. The average Bonchev–Trinajstić information content (AvgIpc) is 3.40. The highest BCUT2D eigenvalue weighted by Gasteiger charge is 2.39. The first-order valence-corrected chi connectivity index (χ1v) is 11.9. The van der Waals surface area contributed by atoms with Crippen LogP contribution in [0.15, 0.2) is 52.4 Å². The van der Waals surface area contributed by atoms with Crippen LogP contribution >= 0.6 is 11.3 Å². The SMILES string of the molecule is CCc1c(C(F)(F)F)nn(-c2ccc(S(N)(=O)=O)nc2)c1-c1ccc(-c2cscn2)c(F)c1. The van der Waals surface area contributed by atoms with Crippen LogP contribution in [-0.4, -0.2) is 28.2 Å². The molecule has 0 saturated carbocycles. The minimum absolute atomic E-state index is 0.0127. The fraction of sp³-hybridized carbons (Fsp3) is 0.150. The number of alkyl halides is 3. The van der Waals surface area contributed by atoms with Crippen molar-refractivity contribution in [2.75, 3.05) is 0 Å². The standard InChI is InChI=1S/C20H15F4N5O2S2/c1-2-13-18(11-3-5-14(15(21)7-11)16-9-32-10-27-16)29(28-19(13)20(22,23)24)12-4-6-17(26-8-12)33(25,30)31/h3-10H,2H2,1H3,(H2,25,30,31). The van der Waals surface area contributed by atoms with Crippen molar-refractivity contribution in [3.8, 4) is 28.2 Å². The molecule has 0 bridgehead atoms. The number of sulfonamides is 1. The second kappa shape index (κ2) is 8.32. The molecule has 0 saturated heterocycles. The van der Waals surface area contributed by atoms with E-state index < -0.39 is 32.7 Å². The van der Waals surface area contributed by atoms with E-state index in [1.165, 1.54) is 36.5 Å². The number of pyridine rings is 1. The molecule has 0 spiro atoms. The van der Waals surface area contributed by atoms with Crippen LogP contribution in [0.4, 0.5) is 17.6 Å². The van der Waals surface area contributed by atoms with Crippen molar-refractivity contribution in [1.82, 2.24) is 19.7 Å². The van der Waals surface area contributed by atoms with Gasteiger partial charge >= 0.3 is 6.18 Å². The van der Waals surface area contributed by atoms with Crippen LogP contribution < -0.4 is 5.14 Å². The fourth-order valence-electron chi connectivity index (χ4n) is 3.38. The molecule has 0 amide bonds. The second-order valence-electron chi connectivity index (χ2n) is 6.91. The van der Waals surface area contributed by atoms with Crippen LogP contribution in [-0.2, 0) is 22.6 Å². The third-order valence-electron chi connectivity index (χ3n) is 4.81. The number of hydrogen-bond donors (Lipinski definition) is 1. The average molecular weight is 497 g/mol. The van der Waals surface area contributed by atoms with Gasteiger partial charge in [0.2, 0.25) is 0 Å². The molecule has 0 unspecified atom stereocenters. The lowest BCUT2D eigenvalue weighted by molar-refractivity contribution is -0.141. The number of benzene rings is 1. The quantitative estimate of drug-likeness (QED) is 0.411. The molecule has 172 valence electrons. The van der Waals surface area contributed by atoms with E-state index in [-0.39, 0.29) is 34.5 Å². The van der Waals surface area contributed by atoms with Crippen molar-refractivity contribution < 1.29 is 26.0 Å². The predicted octanol–water partition coefficient (Wildman–Crippen LogP) is 4.43. The molecule has 3 aromatic heterocycles. The lowest BCUT2D eigenvalue weighted by atomic mass is 10.0. The highest BCUT2D eigenvalue weighted by atomic mass is 32.2. The van der Waals surface area contributed by atoms with Gasteiger partial charge in [-0.15, -0.1) is 11.3 Å². The van der Waals surface area contributed by atoms with Crippen LogP contribution in [0.1, 0.15) is 18.2 Å². The number of aromatic nitrogens is 4. The molecule has 1 aromatic carbocycles. The summed E-state index contributed by atoms with van der Waals surface area (Å²) in [7, 11) is -4.10. The molecule has 4 aromatic rings. The Morgan fingerprint density at radius 1 is 1.15 bits per heavy atom. The van der Waals surface area contributed by atoms with Crippen molar-refractivity contribution in [2.24, 2.45) is 5.14 Å². The van der Waals surface area contributed by atoms with Gasteiger partial charge in [-0.05, 0) is 30.7 Å². The molecular formula is C20H15F4N5O2S2. The van der Waals surface area contributed by atoms with Gasteiger partial charge in [-0.2, -0.15) is 18.3 Å². The Morgan fingerprint density at radius 3 is 2.42 bits per heavy atom. The number of halogens is 4. The maximum absolute atomic E-state index is 14.9. The number of primary sulfonamides is 1. The molecule has 0 radical (unpaired) electrons. The highest BCUT2D eigenvalue weighted by molar-refractivity contribution is 7.89. The summed E-state index contributed by atoms with van der Waals surface area (Å²) < 4.78 is 80.0. The smallest absolute Gasteiger partial charge is 0.245 e. The van der Waals surface area contributed by atoms with E-state index in [2.05, 4.69) is 15.1 Å². The lowest BCUT2D eigenvalue weighted by Gasteiger charge is -2.11. The summed E-state index contributed by atoms with van der Waals surface area (Å²) in [6.07, 6.45) is -3.77. The molecule has 0 fully saturated rings. The van der Waals surface area contributed by atoms with E-state index in [4.69, 9.17) is 5.14 Å². The molecule has 0 aliphatic rings. The Morgan fingerprint density at radius 2 is 1.91 bits per heavy atom. The van der Waals surface area contributed by atoms with Gasteiger partial charge in [-0.1, -0.05) is 13.0 Å². The third kappa shape index (κ3) is 4.38. The second-order valence-corrected chi connectivity index (χ2v) is 9.13. The summed E-state index contributed by atoms with van der Waals surface area (Å²) in [4.78, 5) is 7.77. The van der Waals surface area contributed by atoms with Crippen LogP contribution in [0.5, 0.6) is 0 Å². The molecule has 2 N–H and O–H groups in total. The van der Waals surface area contributed by atoms with Gasteiger partial charge < -0.3 is 0 Å². The van der Waals surface area contributed by atoms with E-state index >= 15 is 0 Å². The molecule has 13 heteroatoms. The Kier molecular flexibility index (Phi) is 5.80. The molecule has 4 rings (SSSR count). The Balaban J connectivity index is 1.93. The van der Waals surface area contributed by atoms with Crippen molar-refractivity contribution in [3.63, 3.8) is 0 Å². The largest absolute Gasteiger partial charge is 0.435 e. The van der Waals surface area contributed by atoms with E-state index in [0.29, 0.717) is 5.69 Å². The zero-order chi connectivity index (χ0) is 24.0. The molecule has 0 aliphatic carbocycles. The third-order valence-corrected chi connectivity index (χ3v) is 6.22. The normalized spacial score (nSPS) is 12.3. The van der Waals surface area contributed by atoms with Crippen LogP contribution in [0.2, 0.25) is 0 Å². The monoisotopic (exact) mass is 497 g/mol. The van der Waals surface area contributed by atoms with E-state index in [9.17, 15) is 26.0 Å². The van der Waals surface area contributed by atoms with Gasteiger partial charge in [-0.25, -0.2) is 32.6 Å². The summed E-state index contributed by atoms with van der Waals surface area (Å²) in [5.41, 5.74) is 1.11.